The number of rotatable bonds is 1. The van der Waals surface area contributed by atoms with Crippen molar-refractivity contribution >= 4 is 11.9 Å². The van der Waals surface area contributed by atoms with Gasteiger partial charge in [-0.25, -0.2) is 0 Å². The van der Waals surface area contributed by atoms with Gasteiger partial charge in [0.1, 0.15) is 5.54 Å². The molecule has 0 aliphatic carbocycles. The summed E-state index contributed by atoms with van der Waals surface area (Å²) >= 11 is 0. The van der Waals surface area contributed by atoms with Gasteiger partial charge in [0.15, 0.2) is 5.96 Å². The number of carbonyl (C=O) groups is 1. The molecule has 14 heavy (non-hydrogen) atoms. The van der Waals surface area contributed by atoms with Crippen LogP contribution in [0, 0.1) is 0 Å². The average Bonchev–Trinajstić information content (AvgIpc) is 2.10. The topological polar surface area (TPSA) is 70.7 Å². The van der Waals surface area contributed by atoms with Crippen LogP contribution >= 0.6 is 0 Å². The fourth-order valence-corrected chi connectivity index (χ4v) is 1.55. The molecule has 1 aliphatic heterocycles. The van der Waals surface area contributed by atoms with Crippen LogP contribution in [0.5, 0.6) is 0 Å². The van der Waals surface area contributed by atoms with Crippen molar-refractivity contribution in [3.05, 3.63) is 0 Å². The van der Waals surface area contributed by atoms with E-state index in [9.17, 15) is 4.79 Å². The second kappa shape index (κ2) is 3.86. The van der Waals surface area contributed by atoms with Crippen molar-refractivity contribution in [2.75, 3.05) is 19.6 Å². The van der Waals surface area contributed by atoms with Crippen molar-refractivity contribution in [2.45, 2.75) is 26.3 Å². The second-order valence-electron chi connectivity index (χ2n) is 3.80. The Morgan fingerprint density at radius 1 is 1.71 bits per heavy atom. The van der Waals surface area contributed by atoms with Crippen LogP contribution in [-0.2, 0) is 4.79 Å². The van der Waals surface area contributed by atoms with Crippen molar-refractivity contribution in [3.8, 4) is 0 Å². The third-order valence-corrected chi connectivity index (χ3v) is 2.45. The third-order valence-electron chi connectivity index (χ3n) is 2.45. The maximum atomic E-state index is 11.6. The van der Waals surface area contributed by atoms with Crippen molar-refractivity contribution in [1.29, 1.82) is 0 Å². The van der Waals surface area contributed by atoms with Crippen LogP contribution in [0.3, 0.4) is 0 Å². The Hall–Kier alpha value is -1.26. The lowest BCUT2D eigenvalue weighted by molar-refractivity contribution is -0.132. The zero-order chi connectivity index (χ0) is 10.8. The van der Waals surface area contributed by atoms with Crippen molar-refractivity contribution < 1.29 is 4.79 Å². The Labute approximate surface area is 84.4 Å². The first-order valence-electron chi connectivity index (χ1n) is 4.86. The van der Waals surface area contributed by atoms with E-state index in [1.807, 2.05) is 25.7 Å². The predicted octanol–water partition coefficient (Wildman–Crippen LogP) is -0.469. The van der Waals surface area contributed by atoms with Crippen LogP contribution in [0.25, 0.3) is 0 Å². The molecule has 0 radical (unpaired) electrons. The van der Waals surface area contributed by atoms with Crippen LogP contribution in [0.15, 0.2) is 4.99 Å². The lowest BCUT2D eigenvalue weighted by atomic mass is 9.99. The lowest BCUT2D eigenvalue weighted by Gasteiger charge is -2.41. The number of aliphatic imine (C=N–C) groups is 1. The van der Waals surface area contributed by atoms with Crippen LogP contribution in [0.4, 0.5) is 0 Å². The highest BCUT2D eigenvalue weighted by Gasteiger charge is 2.38. The summed E-state index contributed by atoms with van der Waals surface area (Å²) in [6.07, 6.45) is 0. The maximum Gasteiger partial charge on any atom is 0.245 e. The van der Waals surface area contributed by atoms with Crippen LogP contribution < -0.4 is 11.1 Å². The van der Waals surface area contributed by atoms with Gasteiger partial charge < -0.3 is 16.0 Å². The first-order valence-corrected chi connectivity index (χ1v) is 4.86. The molecule has 0 atom stereocenters. The van der Waals surface area contributed by atoms with E-state index in [1.165, 1.54) is 0 Å². The molecule has 0 aromatic carbocycles. The molecule has 0 aromatic rings. The SMILES string of the molecule is CCN=C(N)N1CCNC(=O)C1(C)C. The fraction of sp³-hybridized carbons (Fsp3) is 0.778. The minimum absolute atomic E-state index is 0.00185. The Balaban J connectivity index is 2.86. The van der Waals surface area contributed by atoms with Gasteiger partial charge in [0, 0.05) is 19.6 Å². The first-order chi connectivity index (χ1) is 6.50. The van der Waals surface area contributed by atoms with E-state index < -0.39 is 5.54 Å². The highest BCUT2D eigenvalue weighted by Crippen LogP contribution is 2.16. The fourth-order valence-electron chi connectivity index (χ4n) is 1.55. The molecule has 0 saturated carbocycles. The standard InChI is InChI=1S/C9H18N4O/c1-4-11-8(10)13-6-5-12-7(14)9(13,2)3/h4-6H2,1-3H3,(H2,10,11)(H,12,14). The summed E-state index contributed by atoms with van der Waals surface area (Å²) in [5.74, 6) is 0.449. The van der Waals surface area contributed by atoms with Crippen molar-refractivity contribution in [1.82, 2.24) is 10.2 Å². The molecule has 1 aliphatic rings. The van der Waals surface area contributed by atoms with Crippen LogP contribution in [0.1, 0.15) is 20.8 Å². The van der Waals surface area contributed by atoms with E-state index in [2.05, 4.69) is 10.3 Å². The minimum Gasteiger partial charge on any atom is -0.370 e. The van der Waals surface area contributed by atoms with E-state index in [1.54, 1.807) is 0 Å². The summed E-state index contributed by atoms with van der Waals surface area (Å²) in [5.41, 5.74) is 5.20. The number of hydrogen-bond acceptors (Lipinski definition) is 2. The van der Waals surface area contributed by atoms with Gasteiger partial charge in [-0.15, -0.1) is 0 Å². The molecule has 1 fully saturated rings. The molecular weight excluding hydrogens is 180 g/mol. The van der Waals surface area contributed by atoms with Gasteiger partial charge in [-0.2, -0.15) is 0 Å². The number of nitrogens with two attached hydrogens (primary N) is 1. The molecule has 3 N–H and O–H groups in total. The first kappa shape index (κ1) is 10.8. The van der Waals surface area contributed by atoms with Gasteiger partial charge >= 0.3 is 0 Å². The van der Waals surface area contributed by atoms with Crippen LogP contribution in [0.2, 0.25) is 0 Å². The van der Waals surface area contributed by atoms with E-state index in [0.29, 0.717) is 25.6 Å². The summed E-state index contributed by atoms with van der Waals surface area (Å²) in [5, 5.41) is 2.81. The van der Waals surface area contributed by atoms with Crippen LogP contribution in [-0.4, -0.2) is 41.9 Å². The Bertz CT molecular complexity index is 260. The van der Waals surface area contributed by atoms with E-state index in [-0.39, 0.29) is 5.91 Å². The number of nitrogens with one attached hydrogen (secondary N) is 1. The number of carbonyl (C=O) groups excluding carboxylic acids is 1. The molecule has 1 heterocycles. The van der Waals surface area contributed by atoms with Gasteiger partial charge in [-0.1, -0.05) is 0 Å². The molecular formula is C9H18N4O. The molecule has 1 amide bonds. The highest BCUT2D eigenvalue weighted by atomic mass is 16.2. The van der Waals surface area contributed by atoms with Crippen molar-refractivity contribution in [3.63, 3.8) is 0 Å². The molecule has 0 aromatic heterocycles. The second-order valence-corrected chi connectivity index (χ2v) is 3.80. The Morgan fingerprint density at radius 2 is 2.36 bits per heavy atom. The molecule has 1 rings (SSSR count). The van der Waals surface area contributed by atoms with Crippen molar-refractivity contribution in [2.24, 2.45) is 10.7 Å². The quantitative estimate of drug-likeness (QED) is 0.442. The normalized spacial score (nSPS) is 22.1. The van der Waals surface area contributed by atoms with Gasteiger partial charge in [-0.3, -0.25) is 9.79 Å². The molecule has 0 unspecified atom stereocenters. The monoisotopic (exact) mass is 198 g/mol. The smallest absolute Gasteiger partial charge is 0.245 e. The number of hydrogen-bond donors (Lipinski definition) is 2. The van der Waals surface area contributed by atoms with Gasteiger partial charge in [0.2, 0.25) is 5.91 Å². The summed E-state index contributed by atoms with van der Waals surface area (Å²) in [4.78, 5) is 17.5. The molecule has 1 saturated heterocycles. The highest BCUT2D eigenvalue weighted by molar-refractivity contribution is 5.92. The largest absolute Gasteiger partial charge is 0.370 e. The molecule has 5 heteroatoms. The molecule has 0 bridgehead atoms. The minimum atomic E-state index is -0.596. The number of nitrogens with zero attached hydrogens (tertiary/aromatic N) is 2. The lowest BCUT2D eigenvalue weighted by Crippen LogP contribution is -2.64. The zero-order valence-electron chi connectivity index (χ0n) is 9.00. The number of amides is 1. The van der Waals surface area contributed by atoms with Gasteiger partial charge in [-0.05, 0) is 20.8 Å². The summed E-state index contributed by atoms with van der Waals surface area (Å²) in [7, 11) is 0. The zero-order valence-corrected chi connectivity index (χ0v) is 9.00. The van der Waals surface area contributed by atoms with E-state index in [0.717, 1.165) is 0 Å². The maximum absolute atomic E-state index is 11.6. The van der Waals surface area contributed by atoms with Gasteiger partial charge in [0.25, 0.3) is 0 Å². The average molecular weight is 198 g/mol. The molecule has 0 spiro atoms. The third kappa shape index (κ3) is 1.81. The number of piperazine rings is 1. The molecule has 5 nitrogen and oxygen atoms in total. The number of guanidine groups is 1. The summed E-state index contributed by atoms with van der Waals surface area (Å²) in [6, 6.07) is 0. The van der Waals surface area contributed by atoms with E-state index >= 15 is 0 Å². The molecule has 80 valence electrons. The van der Waals surface area contributed by atoms with Gasteiger partial charge in [0.05, 0.1) is 0 Å². The summed E-state index contributed by atoms with van der Waals surface area (Å²) in [6.45, 7) is 7.60. The van der Waals surface area contributed by atoms with E-state index in [4.69, 9.17) is 5.73 Å². The Morgan fingerprint density at radius 3 is 2.93 bits per heavy atom. The summed E-state index contributed by atoms with van der Waals surface area (Å²) < 4.78 is 0. The predicted molar refractivity (Wildman–Crippen MR) is 56.0 cm³/mol. The Kier molecular flexibility index (Phi) is 2.98.